The molecule has 2 rings (SSSR count). The van der Waals surface area contributed by atoms with Crippen LogP contribution in [0.25, 0.3) is 0 Å². The first-order valence-electron chi connectivity index (χ1n) is 7.23. The number of nitrogens with one attached hydrogen (secondary N) is 1. The van der Waals surface area contributed by atoms with Gasteiger partial charge in [-0.25, -0.2) is 4.98 Å². The van der Waals surface area contributed by atoms with E-state index in [0.29, 0.717) is 34.1 Å². The Balaban J connectivity index is 2.10. The van der Waals surface area contributed by atoms with Crippen molar-refractivity contribution in [2.75, 3.05) is 18.9 Å². The summed E-state index contributed by atoms with van der Waals surface area (Å²) < 4.78 is 5.62. The number of benzene rings is 1. The maximum atomic E-state index is 12.0. The number of carbonyl (C=O) groups is 1. The van der Waals surface area contributed by atoms with Crippen LogP contribution in [0, 0.1) is 0 Å². The Morgan fingerprint density at radius 3 is 2.71 bits per heavy atom. The predicted molar refractivity (Wildman–Crippen MR) is 93.5 cm³/mol. The van der Waals surface area contributed by atoms with Crippen molar-refractivity contribution in [3.63, 3.8) is 0 Å². The lowest BCUT2D eigenvalue weighted by molar-refractivity contribution is 0.0950. The second kappa shape index (κ2) is 8.73. The number of hydrogen-bond donors (Lipinski definition) is 3. The molecule has 1 heterocycles. The van der Waals surface area contributed by atoms with Gasteiger partial charge in [0.1, 0.15) is 6.61 Å². The zero-order valence-electron chi connectivity index (χ0n) is 12.8. The van der Waals surface area contributed by atoms with Gasteiger partial charge in [-0.1, -0.05) is 29.3 Å². The van der Waals surface area contributed by atoms with E-state index in [1.165, 1.54) is 12.3 Å². The molecule has 128 valence electrons. The van der Waals surface area contributed by atoms with Crippen LogP contribution in [0.3, 0.4) is 0 Å². The van der Waals surface area contributed by atoms with Crippen LogP contribution in [0.2, 0.25) is 10.0 Å². The lowest BCUT2D eigenvalue weighted by atomic mass is 10.2. The second-order valence-corrected chi connectivity index (χ2v) is 5.74. The molecular weight excluding hydrogens is 353 g/mol. The predicted octanol–water partition coefficient (Wildman–Crippen LogP) is 2.66. The van der Waals surface area contributed by atoms with Crippen molar-refractivity contribution in [3.05, 3.63) is 51.6 Å². The third-order valence-corrected chi connectivity index (χ3v) is 3.91. The highest BCUT2D eigenvalue weighted by atomic mass is 35.5. The topological polar surface area (TPSA) is 97.5 Å². The van der Waals surface area contributed by atoms with Crippen LogP contribution in [0.15, 0.2) is 30.5 Å². The number of pyridine rings is 1. The monoisotopic (exact) mass is 369 g/mol. The molecule has 4 N–H and O–H groups in total. The van der Waals surface area contributed by atoms with Crippen molar-refractivity contribution in [3.8, 4) is 5.75 Å². The third kappa shape index (κ3) is 4.74. The number of nitrogens with two attached hydrogens (primary N) is 1. The maximum Gasteiger partial charge on any atom is 0.252 e. The van der Waals surface area contributed by atoms with E-state index in [-0.39, 0.29) is 30.7 Å². The summed E-state index contributed by atoms with van der Waals surface area (Å²) in [5.74, 6) is 0.0995. The molecule has 0 radical (unpaired) electrons. The first-order valence-corrected chi connectivity index (χ1v) is 7.98. The van der Waals surface area contributed by atoms with Crippen LogP contribution in [0.4, 0.5) is 5.82 Å². The summed E-state index contributed by atoms with van der Waals surface area (Å²) in [6.45, 7) is 0.471. The summed E-state index contributed by atoms with van der Waals surface area (Å²) >= 11 is 12.2. The number of nitrogen functional groups attached to an aromatic ring is 1. The van der Waals surface area contributed by atoms with Gasteiger partial charge in [0.25, 0.3) is 5.91 Å². The molecular formula is C16H17Cl2N3O3. The molecule has 0 bridgehead atoms. The van der Waals surface area contributed by atoms with Gasteiger partial charge in [-0.15, -0.1) is 0 Å². The molecule has 0 atom stereocenters. The molecule has 6 nitrogen and oxygen atoms in total. The highest BCUT2D eigenvalue weighted by molar-refractivity contribution is 6.35. The van der Waals surface area contributed by atoms with Crippen molar-refractivity contribution in [1.82, 2.24) is 10.3 Å². The van der Waals surface area contributed by atoms with Gasteiger partial charge >= 0.3 is 0 Å². The fraction of sp³-hybridized carbons (Fsp3) is 0.250. The van der Waals surface area contributed by atoms with E-state index in [2.05, 4.69) is 10.3 Å². The zero-order valence-corrected chi connectivity index (χ0v) is 14.3. The molecule has 0 saturated carbocycles. The van der Waals surface area contributed by atoms with E-state index in [0.717, 1.165) is 0 Å². The number of halogens is 2. The number of rotatable bonds is 7. The first kappa shape index (κ1) is 18.3. The highest BCUT2D eigenvalue weighted by Crippen LogP contribution is 2.27. The molecule has 0 unspecified atom stereocenters. The molecule has 1 aromatic heterocycles. The molecule has 0 fully saturated rings. The van der Waals surface area contributed by atoms with Gasteiger partial charge in [-0.05, 0) is 24.6 Å². The van der Waals surface area contributed by atoms with Crippen molar-refractivity contribution in [2.45, 2.75) is 13.0 Å². The second-order valence-electron chi connectivity index (χ2n) is 4.93. The van der Waals surface area contributed by atoms with Crippen LogP contribution in [-0.4, -0.2) is 29.1 Å². The first-order chi connectivity index (χ1) is 11.5. The van der Waals surface area contributed by atoms with Crippen LogP contribution in [-0.2, 0) is 6.61 Å². The average molecular weight is 370 g/mol. The minimum atomic E-state index is -0.323. The molecule has 0 aliphatic heterocycles. The molecule has 8 heteroatoms. The number of carbonyl (C=O) groups excluding carboxylic acids is 1. The van der Waals surface area contributed by atoms with Gasteiger partial charge in [0.05, 0.1) is 5.56 Å². The van der Waals surface area contributed by atoms with E-state index in [1.54, 1.807) is 18.2 Å². The number of hydrogen-bond acceptors (Lipinski definition) is 5. The Morgan fingerprint density at radius 2 is 2.04 bits per heavy atom. The standard InChI is InChI=1S/C16H17Cl2N3O3/c17-12-3-1-4-13(18)11(12)9-24-14-7-10(8-21-15(14)19)16(23)20-5-2-6-22/h1,3-4,7-8,22H,2,5-6,9H2,(H2,19,21)(H,20,23). The molecule has 1 aromatic carbocycles. The van der Waals surface area contributed by atoms with Crippen LogP contribution in [0.5, 0.6) is 5.75 Å². The normalized spacial score (nSPS) is 10.5. The smallest absolute Gasteiger partial charge is 0.252 e. The van der Waals surface area contributed by atoms with E-state index in [1.807, 2.05) is 0 Å². The summed E-state index contributed by atoms with van der Waals surface area (Å²) in [5, 5.41) is 12.3. The fourth-order valence-corrected chi connectivity index (χ4v) is 2.40. The molecule has 0 aliphatic carbocycles. The summed E-state index contributed by atoms with van der Waals surface area (Å²) in [6.07, 6.45) is 1.83. The van der Waals surface area contributed by atoms with E-state index < -0.39 is 0 Å². The largest absolute Gasteiger partial charge is 0.485 e. The fourth-order valence-electron chi connectivity index (χ4n) is 1.90. The number of nitrogens with zero attached hydrogens (tertiary/aromatic N) is 1. The summed E-state index contributed by atoms with van der Waals surface area (Å²) in [7, 11) is 0. The molecule has 2 aromatic rings. The van der Waals surface area contributed by atoms with E-state index in [4.69, 9.17) is 38.8 Å². The van der Waals surface area contributed by atoms with Crippen LogP contribution < -0.4 is 15.8 Å². The zero-order chi connectivity index (χ0) is 17.5. The van der Waals surface area contributed by atoms with Gasteiger partial charge in [0.2, 0.25) is 0 Å². The van der Waals surface area contributed by atoms with Gasteiger partial charge in [-0.2, -0.15) is 0 Å². The van der Waals surface area contributed by atoms with Crippen LogP contribution in [0.1, 0.15) is 22.3 Å². The molecule has 0 spiro atoms. The van der Waals surface area contributed by atoms with Crippen molar-refractivity contribution >= 4 is 34.9 Å². The van der Waals surface area contributed by atoms with Gasteiger partial charge in [-0.3, -0.25) is 4.79 Å². The minimum absolute atomic E-state index is 0.00717. The number of aromatic nitrogens is 1. The Bertz CT molecular complexity index is 705. The van der Waals surface area contributed by atoms with E-state index in [9.17, 15) is 4.79 Å². The number of aliphatic hydroxyl groups is 1. The van der Waals surface area contributed by atoms with Gasteiger partial charge in [0, 0.05) is 35.0 Å². The van der Waals surface area contributed by atoms with Crippen molar-refractivity contribution in [1.29, 1.82) is 0 Å². The quantitative estimate of drug-likeness (QED) is 0.651. The summed E-state index contributed by atoms with van der Waals surface area (Å²) in [4.78, 5) is 16.0. The molecule has 1 amide bonds. The van der Waals surface area contributed by atoms with E-state index >= 15 is 0 Å². The SMILES string of the molecule is Nc1ncc(C(=O)NCCCO)cc1OCc1c(Cl)cccc1Cl. The molecule has 0 aliphatic rings. The summed E-state index contributed by atoms with van der Waals surface area (Å²) in [5.41, 5.74) is 6.72. The van der Waals surface area contributed by atoms with Crippen molar-refractivity contribution in [2.24, 2.45) is 0 Å². The average Bonchev–Trinajstić information content (AvgIpc) is 2.56. The number of aliphatic hydroxyl groups excluding tert-OH is 1. The third-order valence-electron chi connectivity index (χ3n) is 3.20. The molecule has 0 saturated heterocycles. The number of anilines is 1. The summed E-state index contributed by atoms with van der Waals surface area (Å²) in [6, 6.07) is 6.65. The van der Waals surface area contributed by atoms with Gasteiger partial charge in [0.15, 0.2) is 11.6 Å². The number of ether oxygens (including phenoxy) is 1. The van der Waals surface area contributed by atoms with Crippen LogP contribution >= 0.6 is 23.2 Å². The Morgan fingerprint density at radius 1 is 1.33 bits per heavy atom. The Labute approximate surface area is 149 Å². The maximum absolute atomic E-state index is 12.0. The lowest BCUT2D eigenvalue weighted by Gasteiger charge is -2.12. The molecule has 24 heavy (non-hydrogen) atoms. The highest BCUT2D eigenvalue weighted by Gasteiger charge is 2.12. The Hall–Kier alpha value is -2.02. The van der Waals surface area contributed by atoms with Gasteiger partial charge < -0.3 is 20.9 Å². The Kier molecular flexibility index (Phi) is 6.66. The minimum Gasteiger partial charge on any atom is -0.485 e. The van der Waals surface area contributed by atoms with Crippen molar-refractivity contribution < 1.29 is 14.6 Å². The number of amides is 1. The lowest BCUT2D eigenvalue weighted by Crippen LogP contribution is -2.25.